The molecule has 2 rings (SSSR count). The summed E-state index contributed by atoms with van der Waals surface area (Å²) >= 11 is 3.12. The van der Waals surface area contributed by atoms with Crippen LogP contribution < -0.4 is 5.32 Å². The zero-order chi connectivity index (χ0) is 15.6. The van der Waals surface area contributed by atoms with Crippen molar-refractivity contribution < 1.29 is 13.2 Å². The summed E-state index contributed by atoms with van der Waals surface area (Å²) in [5, 5.41) is 2.94. The largest absolute Gasteiger partial charge is 0.349 e. The van der Waals surface area contributed by atoms with Crippen molar-refractivity contribution in [1.29, 1.82) is 0 Å². The molecular weight excluding hydrogens is 378 g/mol. The molecule has 7 heteroatoms. The van der Waals surface area contributed by atoms with Crippen LogP contribution >= 0.6 is 26.6 Å². The van der Waals surface area contributed by atoms with Gasteiger partial charge in [0.2, 0.25) is 0 Å². The van der Waals surface area contributed by atoms with Crippen molar-refractivity contribution in [1.82, 2.24) is 5.32 Å². The molecule has 4 nitrogen and oxygen atoms in total. The molecule has 1 aliphatic carbocycles. The predicted octanol–water partition coefficient (Wildman–Crippen LogP) is 3.69. The van der Waals surface area contributed by atoms with Crippen molar-refractivity contribution in [2.45, 2.75) is 43.5 Å². The Balaban J connectivity index is 2.16. The molecule has 1 fully saturated rings. The molecule has 1 N–H and O–H groups in total. The second-order valence-electron chi connectivity index (χ2n) is 5.39. The second-order valence-corrected chi connectivity index (χ2v) is 8.78. The van der Waals surface area contributed by atoms with E-state index in [1.165, 1.54) is 25.0 Å². The van der Waals surface area contributed by atoms with Gasteiger partial charge in [0.25, 0.3) is 15.0 Å². The van der Waals surface area contributed by atoms with E-state index in [1.807, 2.05) is 6.92 Å². The number of carbonyl (C=O) groups excluding carboxylic acids is 1. The summed E-state index contributed by atoms with van der Waals surface area (Å²) in [6.45, 7) is 1.99. The molecule has 0 aliphatic heterocycles. The average Bonchev–Trinajstić information content (AvgIpc) is 2.91. The molecule has 1 aliphatic rings. The van der Waals surface area contributed by atoms with E-state index in [0.717, 1.165) is 12.8 Å². The van der Waals surface area contributed by atoms with Crippen LogP contribution in [0.5, 0.6) is 0 Å². The highest BCUT2D eigenvalue weighted by Crippen LogP contribution is 2.28. The van der Waals surface area contributed by atoms with Gasteiger partial charge in [0, 0.05) is 26.8 Å². The number of benzene rings is 1. The lowest BCUT2D eigenvalue weighted by molar-refractivity contribution is 0.0927. The van der Waals surface area contributed by atoms with Gasteiger partial charge in [-0.15, -0.1) is 0 Å². The maximum atomic E-state index is 12.2. The van der Waals surface area contributed by atoms with Crippen LogP contribution in [0.3, 0.4) is 0 Å². The summed E-state index contributed by atoms with van der Waals surface area (Å²) in [7, 11) is 1.47. The summed E-state index contributed by atoms with van der Waals surface area (Å²) in [6, 6.07) is 4.47. The van der Waals surface area contributed by atoms with Crippen molar-refractivity contribution in [3.05, 3.63) is 28.2 Å². The van der Waals surface area contributed by atoms with E-state index < -0.39 is 9.05 Å². The Bertz CT molecular complexity index is 642. The summed E-state index contributed by atoms with van der Waals surface area (Å²) in [5.74, 6) is 0.226. The molecule has 0 bridgehead atoms. The number of amides is 1. The predicted molar refractivity (Wildman–Crippen MR) is 86.1 cm³/mol. The minimum Gasteiger partial charge on any atom is -0.349 e. The van der Waals surface area contributed by atoms with Gasteiger partial charge in [0.15, 0.2) is 0 Å². The van der Waals surface area contributed by atoms with Gasteiger partial charge in [0.1, 0.15) is 0 Å². The van der Waals surface area contributed by atoms with Gasteiger partial charge in [-0.3, -0.25) is 4.79 Å². The van der Waals surface area contributed by atoms with E-state index in [9.17, 15) is 13.2 Å². The summed E-state index contributed by atoms with van der Waals surface area (Å²) in [4.78, 5) is 12.1. The number of halogens is 2. The summed E-state index contributed by atoms with van der Waals surface area (Å²) < 4.78 is 23.3. The molecule has 1 aromatic carbocycles. The highest BCUT2D eigenvalue weighted by molar-refractivity contribution is 9.10. The Morgan fingerprint density at radius 2 is 2.00 bits per heavy atom. The lowest BCUT2D eigenvalue weighted by atomic mass is 9.99. The first-order valence-electron chi connectivity index (χ1n) is 6.84. The monoisotopic (exact) mass is 393 g/mol. The molecule has 1 atom stereocenters. The van der Waals surface area contributed by atoms with Gasteiger partial charge in [-0.05, 0) is 59.8 Å². The van der Waals surface area contributed by atoms with E-state index in [-0.39, 0.29) is 16.8 Å². The molecule has 21 heavy (non-hydrogen) atoms. The third kappa shape index (κ3) is 4.20. The van der Waals surface area contributed by atoms with E-state index in [1.54, 1.807) is 6.07 Å². The standard InChI is InChI=1S/C14H17BrClNO3S/c1-9(10-4-2-3-5-10)17-14(18)11-6-7-12(15)13(8-11)21(16,19)20/h6-10H,2-5H2,1H3,(H,17,18). The SMILES string of the molecule is CC(NC(=O)c1ccc(Br)c(S(=O)(=O)Cl)c1)C1CCCC1. The molecule has 0 spiro atoms. The zero-order valence-electron chi connectivity index (χ0n) is 11.6. The molecule has 1 aromatic rings. The van der Waals surface area contributed by atoms with Crippen LogP contribution in [0.4, 0.5) is 0 Å². The summed E-state index contributed by atoms with van der Waals surface area (Å²) in [5.41, 5.74) is 0.294. The molecule has 0 saturated heterocycles. The first-order chi connectivity index (χ1) is 9.79. The quantitative estimate of drug-likeness (QED) is 0.792. The van der Waals surface area contributed by atoms with E-state index >= 15 is 0 Å². The number of rotatable bonds is 4. The normalized spacial score (nSPS) is 17.7. The maximum Gasteiger partial charge on any atom is 0.262 e. The lowest BCUT2D eigenvalue weighted by Crippen LogP contribution is -2.37. The van der Waals surface area contributed by atoms with E-state index in [4.69, 9.17) is 10.7 Å². The van der Waals surface area contributed by atoms with Gasteiger partial charge in [-0.1, -0.05) is 12.8 Å². The van der Waals surface area contributed by atoms with Gasteiger partial charge >= 0.3 is 0 Å². The Morgan fingerprint density at radius 3 is 2.57 bits per heavy atom. The molecule has 1 saturated carbocycles. The number of carbonyl (C=O) groups is 1. The molecular formula is C14H17BrClNO3S. The molecule has 1 unspecified atom stereocenters. The van der Waals surface area contributed by atoms with E-state index in [2.05, 4.69) is 21.2 Å². The lowest BCUT2D eigenvalue weighted by Gasteiger charge is -2.20. The fourth-order valence-corrected chi connectivity index (χ4v) is 4.81. The first-order valence-corrected chi connectivity index (χ1v) is 9.94. The number of hydrogen-bond donors (Lipinski definition) is 1. The van der Waals surface area contributed by atoms with Crippen LogP contribution in [0.25, 0.3) is 0 Å². The van der Waals surface area contributed by atoms with Crippen LogP contribution in [-0.2, 0) is 9.05 Å². The fraction of sp³-hybridized carbons (Fsp3) is 0.500. The van der Waals surface area contributed by atoms with Crippen molar-refractivity contribution in [3.63, 3.8) is 0 Å². The molecule has 1 amide bonds. The van der Waals surface area contributed by atoms with Gasteiger partial charge in [-0.2, -0.15) is 0 Å². The molecule has 116 valence electrons. The van der Waals surface area contributed by atoms with Crippen LogP contribution in [0.1, 0.15) is 43.0 Å². The van der Waals surface area contributed by atoms with Crippen molar-refractivity contribution in [2.24, 2.45) is 5.92 Å². The number of nitrogens with one attached hydrogen (secondary N) is 1. The van der Waals surface area contributed by atoms with Gasteiger partial charge in [0.05, 0.1) is 4.90 Å². The average molecular weight is 395 g/mol. The highest BCUT2D eigenvalue weighted by atomic mass is 79.9. The van der Waals surface area contributed by atoms with Crippen LogP contribution in [0.15, 0.2) is 27.6 Å². The van der Waals surface area contributed by atoms with Gasteiger partial charge < -0.3 is 5.32 Å². The minimum absolute atomic E-state index is 0.0831. The molecule has 0 radical (unpaired) electrons. The van der Waals surface area contributed by atoms with E-state index in [0.29, 0.717) is 16.0 Å². The third-order valence-electron chi connectivity index (χ3n) is 3.92. The summed E-state index contributed by atoms with van der Waals surface area (Å²) in [6.07, 6.45) is 4.67. The highest BCUT2D eigenvalue weighted by Gasteiger charge is 2.24. The van der Waals surface area contributed by atoms with Crippen molar-refractivity contribution >= 4 is 41.6 Å². The smallest absolute Gasteiger partial charge is 0.262 e. The topological polar surface area (TPSA) is 63.2 Å². The Hall–Kier alpha value is -0.590. The minimum atomic E-state index is -3.89. The van der Waals surface area contributed by atoms with Crippen LogP contribution in [-0.4, -0.2) is 20.4 Å². The Labute approximate surface area is 137 Å². The van der Waals surface area contributed by atoms with Crippen LogP contribution in [0.2, 0.25) is 0 Å². The fourth-order valence-electron chi connectivity index (χ4n) is 2.70. The van der Waals surface area contributed by atoms with Crippen molar-refractivity contribution in [3.8, 4) is 0 Å². The Morgan fingerprint density at radius 1 is 1.38 bits per heavy atom. The maximum absolute atomic E-state index is 12.2. The molecule has 0 heterocycles. The van der Waals surface area contributed by atoms with Crippen molar-refractivity contribution in [2.75, 3.05) is 0 Å². The van der Waals surface area contributed by atoms with Crippen LogP contribution in [0, 0.1) is 5.92 Å². The Kier molecular flexibility index (Phi) is 5.33. The second kappa shape index (κ2) is 6.67. The third-order valence-corrected chi connectivity index (χ3v) is 6.24. The molecule has 0 aromatic heterocycles. The number of hydrogen-bond acceptors (Lipinski definition) is 3. The first kappa shape index (κ1) is 16.8. The zero-order valence-corrected chi connectivity index (χ0v) is 14.8. The van der Waals surface area contributed by atoms with Gasteiger partial charge in [-0.25, -0.2) is 8.42 Å².